The van der Waals surface area contributed by atoms with E-state index in [0.717, 1.165) is 5.56 Å². The van der Waals surface area contributed by atoms with Crippen molar-refractivity contribution < 1.29 is 14.7 Å². The Morgan fingerprint density at radius 3 is 2.30 bits per heavy atom. The van der Waals surface area contributed by atoms with E-state index in [1.54, 1.807) is 23.9 Å². The molecule has 0 bridgehead atoms. The van der Waals surface area contributed by atoms with Gasteiger partial charge in [-0.05, 0) is 42.0 Å². The fraction of sp³-hybridized carbons (Fsp3) is 0.467. The van der Waals surface area contributed by atoms with Crippen molar-refractivity contribution in [2.75, 3.05) is 12.0 Å². The van der Waals surface area contributed by atoms with E-state index in [9.17, 15) is 9.59 Å². The van der Waals surface area contributed by atoms with E-state index in [0.29, 0.717) is 23.7 Å². The Morgan fingerprint density at radius 2 is 1.85 bits per heavy atom. The first-order valence-corrected chi connectivity index (χ1v) is 7.97. The molecule has 1 amide bonds. The van der Waals surface area contributed by atoms with Gasteiger partial charge in [-0.3, -0.25) is 4.79 Å². The van der Waals surface area contributed by atoms with Gasteiger partial charge in [-0.15, -0.1) is 0 Å². The molecule has 0 saturated heterocycles. The third kappa shape index (κ3) is 4.89. The Balaban J connectivity index is 2.70. The zero-order valence-corrected chi connectivity index (χ0v) is 12.9. The first kappa shape index (κ1) is 16.6. The number of hydrogen-bond acceptors (Lipinski definition) is 3. The van der Waals surface area contributed by atoms with Crippen LogP contribution in [0.15, 0.2) is 24.3 Å². The number of carboxylic acid groups (broad SMARTS) is 1. The molecule has 0 aromatic heterocycles. The SMILES string of the molecule is CSCC[C@H](NC(=O)c1ccc(C(C)C)cc1)C(=O)O. The van der Waals surface area contributed by atoms with Crippen LogP contribution in [0.1, 0.15) is 42.1 Å². The monoisotopic (exact) mass is 295 g/mol. The molecule has 110 valence electrons. The standard InChI is InChI=1S/C15H21NO3S/c1-10(2)11-4-6-12(7-5-11)14(17)16-13(15(18)19)8-9-20-3/h4-7,10,13H,8-9H2,1-3H3,(H,16,17)(H,18,19)/t13-/m0/s1. The average molecular weight is 295 g/mol. The normalized spacial score (nSPS) is 12.2. The summed E-state index contributed by atoms with van der Waals surface area (Å²) in [6, 6.07) is 6.44. The van der Waals surface area contributed by atoms with Crippen LogP contribution in [0, 0.1) is 0 Å². The number of carboxylic acids is 1. The van der Waals surface area contributed by atoms with E-state index in [2.05, 4.69) is 19.2 Å². The van der Waals surface area contributed by atoms with Crippen molar-refractivity contribution in [2.24, 2.45) is 0 Å². The molecule has 4 nitrogen and oxygen atoms in total. The Hall–Kier alpha value is -1.49. The van der Waals surface area contributed by atoms with Gasteiger partial charge in [-0.1, -0.05) is 26.0 Å². The van der Waals surface area contributed by atoms with Crippen LogP contribution in [0.2, 0.25) is 0 Å². The molecule has 0 aliphatic carbocycles. The van der Waals surface area contributed by atoms with Crippen LogP contribution in [0.3, 0.4) is 0 Å². The summed E-state index contributed by atoms with van der Waals surface area (Å²) in [5.41, 5.74) is 1.64. The predicted octanol–water partition coefficient (Wildman–Crippen LogP) is 2.75. The third-order valence-electron chi connectivity index (χ3n) is 3.05. The topological polar surface area (TPSA) is 66.4 Å². The first-order valence-electron chi connectivity index (χ1n) is 6.58. The number of hydrogen-bond donors (Lipinski definition) is 2. The summed E-state index contributed by atoms with van der Waals surface area (Å²) in [6.45, 7) is 4.16. The minimum Gasteiger partial charge on any atom is -0.480 e. The van der Waals surface area contributed by atoms with Gasteiger partial charge in [-0.2, -0.15) is 11.8 Å². The highest BCUT2D eigenvalue weighted by molar-refractivity contribution is 7.98. The van der Waals surface area contributed by atoms with Crippen LogP contribution in [0.25, 0.3) is 0 Å². The fourth-order valence-electron chi connectivity index (χ4n) is 1.75. The van der Waals surface area contributed by atoms with Gasteiger partial charge in [-0.25, -0.2) is 4.79 Å². The molecule has 0 aliphatic rings. The zero-order chi connectivity index (χ0) is 15.1. The highest BCUT2D eigenvalue weighted by Crippen LogP contribution is 2.14. The molecule has 0 unspecified atom stereocenters. The van der Waals surface area contributed by atoms with E-state index >= 15 is 0 Å². The second-order valence-corrected chi connectivity index (χ2v) is 5.91. The van der Waals surface area contributed by atoms with Crippen LogP contribution >= 0.6 is 11.8 Å². The maximum atomic E-state index is 12.0. The van der Waals surface area contributed by atoms with Gasteiger partial charge in [0.25, 0.3) is 5.91 Å². The van der Waals surface area contributed by atoms with Crippen molar-refractivity contribution in [1.82, 2.24) is 5.32 Å². The molecule has 1 rings (SSSR count). The van der Waals surface area contributed by atoms with Gasteiger partial charge < -0.3 is 10.4 Å². The molecule has 0 saturated carbocycles. The van der Waals surface area contributed by atoms with Crippen LogP contribution < -0.4 is 5.32 Å². The molecule has 0 fully saturated rings. The smallest absolute Gasteiger partial charge is 0.326 e. The summed E-state index contributed by atoms with van der Waals surface area (Å²) < 4.78 is 0. The molecule has 0 spiro atoms. The highest BCUT2D eigenvalue weighted by Gasteiger charge is 2.20. The lowest BCUT2D eigenvalue weighted by Crippen LogP contribution is -2.41. The number of carbonyl (C=O) groups excluding carboxylic acids is 1. The van der Waals surface area contributed by atoms with Gasteiger partial charge in [0.2, 0.25) is 0 Å². The van der Waals surface area contributed by atoms with Crippen molar-refractivity contribution in [1.29, 1.82) is 0 Å². The van der Waals surface area contributed by atoms with Gasteiger partial charge in [0, 0.05) is 5.56 Å². The second kappa shape index (κ2) is 7.94. The first-order chi connectivity index (χ1) is 9.45. The van der Waals surface area contributed by atoms with Crippen molar-refractivity contribution in [3.8, 4) is 0 Å². The van der Waals surface area contributed by atoms with Crippen molar-refractivity contribution in [2.45, 2.75) is 32.2 Å². The molecular formula is C15H21NO3S. The molecule has 2 N–H and O–H groups in total. The van der Waals surface area contributed by atoms with E-state index < -0.39 is 12.0 Å². The molecular weight excluding hydrogens is 274 g/mol. The Bertz CT molecular complexity index is 457. The average Bonchev–Trinajstić information content (AvgIpc) is 2.42. The van der Waals surface area contributed by atoms with Crippen molar-refractivity contribution >= 4 is 23.6 Å². The molecule has 1 aromatic rings. The van der Waals surface area contributed by atoms with E-state index in [1.165, 1.54) is 0 Å². The Morgan fingerprint density at radius 1 is 1.25 bits per heavy atom. The molecule has 5 heteroatoms. The molecule has 0 heterocycles. The van der Waals surface area contributed by atoms with Crippen LogP contribution in [-0.2, 0) is 4.79 Å². The summed E-state index contributed by atoms with van der Waals surface area (Å²) in [4.78, 5) is 23.1. The second-order valence-electron chi connectivity index (χ2n) is 4.92. The van der Waals surface area contributed by atoms with Gasteiger partial charge >= 0.3 is 5.97 Å². The number of thioether (sulfide) groups is 1. The number of rotatable bonds is 7. The lowest BCUT2D eigenvalue weighted by molar-refractivity contribution is -0.139. The number of carbonyl (C=O) groups is 2. The highest BCUT2D eigenvalue weighted by atomic mass is 32.2. The summed E-state index contributed by atoms with van der Waals surface area (Å²) >= 11 is 1.56. The van der Waals surface area contributed by atoms with Gasteiger partial charge in [0.1, 0.15) is 6.04 Å². The lowest BCUT2D eigenvalue weighted by Gasteiger charge is -2.14. The van der Waals surface area contributed by atoms with Crippen molar-refractivity contribution in [3.63, 3.8) is 0 Å². The lowest BCUT2D eigenvalue weighted by atomic mass is 10.0. The fourth-order valence-corrected chi connectivity index (χ4v) is 2.23. The maximum absolute atomic E-state index is 12.0. The summed E-state index contributed by atoms with van der Waals surface area (Å²) in [5, 5.41) is 11.7. The minimum atomic E-state index is -0.994. The number of aliphatic carboxylic acids is 1. The number of benzene rings is 1. The van der Waals surface area contributed by atoms with Crippen LogP contribution in [-0.4, -0.2) is 35.0 Å². The zero-order valence-electron chi connectivity index (χ0n) is 12.1. The largest absolute Gasteiger partial charge is 0.480 e. The van der Waals surface area contributed by atoms with E-state index in [1.807, 2.05) is 18.4 Å². The molecule has 0 radical (unpaired) electrons. The Kier molecular flexibility index (Phi) is 6.58. The molecule has 0 aliphatic heterocycles. The summed E-state index contributed by atoms with van der Waals surface area (Å²) in [5.74, 6) is -0.232. The Labute approximate surface area is 124 Å². The van der Waals surface area contributed by atoms with Gasteiger partial charge in [0.15, 0.2) is 0 Å². The molecule has 1 atom stereocenters. The predicted molar refractivity (Wildman–Crippen MR) is 82.4 cm³/mol. The quantitative estimate of drug-likeness (QED) is 0.811. The van der Waals surface area contributed by atoms with Crippen LogP contribution in [0.5, 0.6) is 0 Å². The third-order valence-corrected chi connectivity index (χ3v) is 3.70. The van der Waals surface area contributed by atoms with Crippen LogP contribution in [0.4, 0.5) is 0 Å². The number of nitrogens with one attached hydrogen (secondary N) is 1. The molecule has 1 aromatic carbocycles. The number of amides is 1. The van der Waals surface area contributed by atoms with E-state index in [4.69, 9.17) is 5.11 Å². The van der Waals surface area contributed by atoms with E-state index in [-0.39, 0.29) is 5.91 Å². The molecule has 20 heavy (non-hydrogen) atoms. The maximum Gasteiger partial charge on any atom is 0.326 e. The van der Waals surface area contributed by atoms with Crippen molar-refractivity contribution in [3.05, 3.63) is 35.4 Å². The minimum absolute atomic E-state index is 0.339. The summed E-state index contributed by atoms with van der Waals surface area (Å²) in [7, 11) is 0. The summed E-state index contributed by atoms with van der Waals surface area (Å²) in [6.07, 6.45) is 2.33. The van der Waals surface area contributed by atoms with Gasteiger partial charge in [0.05, 0.1) is 0 Å².